The van der Waals surface area contributed by atoms with E-state index >= 15 is 0 Å². The highest BCUT2D eigenvalue weighted by Crippen LogP contribution is 1.92. The maximum atomic E-state index is 11.2. The Balaban J connectivity index is 2.16. The monoisotopic (exact) mass is 204 g/mol. The van der Waals surface area contributed by atoms with Gasteiger partial charge in [0, 0.05) is 6.54 Å². The molecule has 1 rings (SSSR count). The topological polar surface area (TPSA) is 96.9 Å². The van der Waals surface area contributed by atoms with E-state index in [2.05, 4.69) is 10.2 Å². The summed E-state index contributed by atoms with van der Waals surface area (Å²) in [5.74, 6) is -1.57. The summed E-state index contributed by atoms with van der Waals surface area (Å²) in [5, 5.41) is 11.1. The Kier molecular flexibility index (Phi) is 4.30. The number of carboxylic acid groups (broad SMARTS) is 1. The molecule has 1 heterocycles. The Hall–Kier alpha value is -1.18. The first-order valence-corrected chi connectivity index (χ1v) is 4.14. The number of amides is 1. The van der Waals surface area contributed by atoms with Crippen LogP contribution in [0.4, 0.5) is 0 Å². The molecular formula is C7H12N2O5. The Morgan fingerprint density at radius 1 is 1.64 bits per heavy atom. The first-order valence-electron chi connectivity index (χ1n) is 4.14. The summed E-state index contributed by atoms with van der Waals surface area (Å²) in [5.41, 5.74) is 2.02. The fourth-order valence-electron chi connectivity index (χ4n) is 0.974. The second kappa shape index (κ2) is 5.53. The summed E-state index contributed by atoms with van der Waals surface area (Å²) in [7, 11) is 0. The number of rotatable bonds is 4. The van der Waals surface area contributed by atoms with Crippen LogP contribution in [-0.4, -0.2) is 49.4 Å². The number of hydrogen-bond acceptors (Lipinski definition) is 5. The standard InChI is InChI=1S/C7H12N2O5/c10-6(11)4-14-9-7(12)5-3-13-2-1-8-5/h5,8H,1-4H2,(H,9,12)(H,10,11). The summed E-state index contributed by atoms with van der Waals surface area (Å²) >= 11 is 0. The fraction of sp³-hybridized carbons (Fsp3) is 0.714. The molecule has 7 nitrogen and oxygen atoms in total. The lowest BCUT2D eigenvalue weighted by Crippen LogP contribution is -2.51. The van der Waals surface area contributed by atoms with Gasteiger partial charge in [-0.2, -0.15) is 0 Å². The Morgan fingerprint density at radius 3 is 3.00 bits per heavy atom. The second-order valence-corrected chi connectivity index (χ2v) is 2.73. The second-order valence-electron chi connectivity index (χ2n) is 2.73. The largest absolute Gasteiger partial charge is 0.479 e. The van der Waals surface area contributed by atoms with Crippen LogP contribution in [-0.2, 0) is 19.2 Å². The van der Waals surface area contributed by atoms with E-state index < -0.39 is 24.5 Å². The molecule has 7 heteroatoms. The van der Waals surface area contributed by atoms with E-state index in [0.29, 0.717) is 13.2 Å². The maximum Gasteiger partial charge on any atom is 0.332 e. The van der Waals surface area contributed by atoms with Crippen molar-refractivity contribution < 1.29 is 24.3 Å². The minimum atomic E-state index is -1.14. The van der Waals surface area contributed by atoms with Crippen LogP contribution >= 0.6 is 0 Å². The predicted molar refractivity (Wildman–Crippen MR) is 44.3 cm³/mol. The van der Waals surface area contributed by atoms with Crippen LogP contribution in [0.1, 0.15) is 0 Å². The van der Waals surface area contributed by atoms with Crippen molar-refractivity contribution in [2.45, 2.75) is 6.04 Å². The normalized spacial score (nSPS) is 21.6. The van der Waals surface area contributed by atoms with Gasteiger partial charge in [-0.1, -0.05) is 0 Å². The van der Waals surface area contributed by atoms with Crippen molar-refractivity contribution in [1.29, 1.82) is 0 Å². The molecule has 0 bridgehead atoms. The number of carbonyl (C=O) groups is 2. The molecule has 1 unspecified atom stereocenters. The molecule has 3 N–H and O–H groups in total. The van der Waals surface area contributed by atoms with Crippen LogP contribution in [0.15, 0.2) is 0 Å². The first-order chi connectivity index (χ1) is 6.70. The Morgan fingerprint density at radius 2 is 2.43 bits per heavy atom. The maximum absolute atomic E-state index is 11.2. The van der Waals surface area contributed by atoms with Crippen molar-refractivity contribution in [3.05, 3.63) is 0 Å². The highest BCUT2D eigenvalue weighted by molar-refractivity contribution is 5.81. The van der Waals surface area contributed by atoms with E-state index in [0.717, 1.165) is 0 Å². The van der Waals surface area contributed by atoms with Crippen molar-refractivity contribution in [3.8, 4) is 0 Å². The molecule has 1 aliphatic rings. The third kappa shape index (κ3) is 3.69. The van der Waals surface area contributed by atoms with Crippen LogP contribution in [0.25, 0.3) is 0 Å². The molecule has 1 fully saturated rings. The zero-order valence-electron chi connectivity index (χ0n) is 7.49. The molecule has 0 saturated carbocycles. The van der Waals surface area contributed by atoms with E-state index in [1.807, 2.05) is 5.48 Å². The minimum absolute atomic E-state index is 0.266. The molecule has 1 atom stereocenters. The number of carboxylic acids is 1. The summed E-state index contributed by atoms with van der Waals surface area (Å²) in [6.07, 6.45) is 0. The third-order valence-electron chi connectivity index (χ3n) is 1.61. The number of nitrogens with one attached hydrogen (secondary N) is 2. The molecule has 0 spiro atoms. The van der Waals surface area contributed by atoms with Gasteiger partial charge in [-0.15, -0.1) is 0 Å². The third-order valence-corrected chi connectivity index (χ3v) is 1.61. The van der Waals surface area contributed by atoms with Crippen LogP contribution in [0.2, 0.25) is 0 Å². The van der Waals surface area contributed by atoms with Gasteiger partial charge in [-0.05, 0) is 0 Å². The molecule has 1 amide bonds. The average Bonchev–Trinajstić information content (AvgIpc) is 2.18. The van der Waals surface area contributed by atoms with Gasteiger partial charge in [0.2, 0.25) is 0 Å². The average molecular weight is 204 g/mol. The summed E-state index contributed by atoms with van der Waals surface area (Å²) in [4.78, 5) is 25.7. The SMILES string of the molecule is O=C(O)CONC(=O)C1COCCN1. The van der Waals surface area contributed by atoms with Crippen LogP contribution in [0, 0.1) is 0 Å². The van der Waals surface area contributed by atoms with Crippen LogP contribution in [0.3, 0.4) is 0 Å². The van der Waals surface area contributed by atoms with E-state index in [-0.39, 0.29) is 6.61 Å². The summed E-state index contributed by atoms with van der Waals surface area (Å²) in [6, 6.07) is -0.474. The number of aliphatic carboxylic acids is 1. The molecule has 1 aliphatic heterocycles. The Bertz CT molecular complexity index is 214. The number of morpholine rings is 1. The van der Waals surface area contributed by atoms with Gasteiger partial charge >= 0.3 is 5.97 Å². The molecule has 0 radical (unpaired) electrons. The van der Waals surface area contributed by atoms with Gasteiger partial charge in [-0.25, -0.2) is 10.3 Å². The summed E-state index contributed by atoms with van der Waals surface area (Å²) < 4.78 is 5.04. The number of ether oxygens (including phenoxy) is 1. The molecule has 0 aromatic carbocycles. The van der Waals surface area contributed by atoms with Crippen molar-refractivity contribution in [2.75, 3.05) is 26.4 Å². The number of carbonyl (C=O) groups excluding carboxylic acids is 1. The first kappa shape index (κ1) is 10.9. The van der Waals surface area contributed by atoms with Crippen molar-refractivity contribution in [3.63, 3.8) is 0 Å². The smallest absolute Gasteiger partial charge is 0.332 e. The number of hydroxylamine groups is 1. The fourth-order valence-corrected chi connectivity index (χ4v) is 0.974. The van der Waals surface area contributed by atoms with E-state index in [4.69, 9.17) is 9.84 Å². The minimum Gasteiger partial charge on any atom is -0.479 e. The molecular weight excluding hydrogens is 192 g/mol. The van der Waals surface area contributed by atoms with E-state index in [1.165, 1.54) is 0 Å². The zero-order chi connectivity index (χ0) is 10.4. The lowest BCUT2D eigenvalue weighted by Gasteiger charge is -2.22. The molecule has 0 aromatic rings. The number of hydrogen-bond donors (Lipinski definition) is 3. The highest BCUT2D eigenvalue weighted by atomic mass is 16.7. The quantitative estimate of drug-likeness (QED) is 0.463. The molecule has 14 heavy (non-hydrogen) atoms. The predicted octanol–water partition coefficient (Wildman–Crippen LogP) is -1.89. The van der Waals surface area contributed by atoms with Gasteiger partial charge in [0.25, 0.3) is 5.91 Å². The van der Waals surface area contributed by atoms with Crippen molar-refractivity contribution in [1.82, 2.24) is 10.8 Å². The molecule has 80 valence electrons. The van der Waals surface area contributed by atoms with Gasteiger partial charge in [-0.3, -0.25) is 9.63 Å². The van der Waals surface area contributed by atoms with Gasteiger partial charge in [0.1, 0.15) is 6.04 Å². The molecule has 1 saturated heterocycles. The molecule has 0 aliphatic carbocycles. The van der Waals surface area contributed by atoms with Crippen LogP contribution in [0.5, 0.6) is 0 Å². The van der Waals surface area contributed by atoms with Gasteiger partial charge in [0.15, 0.2) is 6.61 Å². The van der Waals surface area contributed by atoms with Crippen molar-refractivity contribution >= 4 is 11.9 Å². The lowest BCUT2D eigenvalue weighted by atomic mass is 10.3. The van der Waals surface area contributed by atoms with Gasteiger partial charge in [0.05, 0.1) is 13.2 Å². The van der Waals surface area contributed by atoms with E-state index in [1.54, 1.807) is 0 Å². The van der Waals surface area contributed by atoms with E-state index in [9.17, 15) is 9.59 Å². The Labute approximate surface area is 80.3 Å². The zero-order valence-corrected chi connectivity index (χ0v) is 7.49. The van der Waals surface area contributed by atoms with Crippen molar-refractivity contribution in [2.24, 2.45) is 0 Å². The summed E-state index contributed by atoms with van der Waals surface area (Å²) in [6.45, 7) is 0.873. The lowest BCUT2D eigenvalue weighted by molar-refractivity contribution is -0.150. The van der Waals surface area contributed by atoms with Crippen LogP contribution < -0.4 is 10.8 Å². The molecule has 0 aromatic heterocycles. The highest BCUT2D eigenvalue weighted by Gasteiger charge is 2.21. The van der Waals surface area contributed by atoms with Gasteiger partial charge < -0.3 is 15.2 Å².